The van der Waals surface area contributed by atoms with Crippen LogP contribution in [0.2, 0.25) is 5.02 Å². The van der Waals surface area contributed by atoms with Crippen LogP contribution in [0.25, 0.3) is 0 Å². The predicted octanol–water partition coefficient (Wildman–Crippen LogP) is 3.87. The summed E-state index contributed by atoms with van der Waals surface area (Å²) >= 11 is 5.62. The summed E-state index contributed by atoms with van der Waals surface area (Å²) in [6.07, 6.45) is 0.691. The van der Waals surface area contributed by atoms with Gasteiger partial charge < -0.3 is 4.42 Å². The van der Waals surface area contributed by atoms with Crippen molar-refractivity contribution in [1.82, 2.24) is 0 Å². The molecule has 0 unspecified atom stereocenters. The lowest BCUT2D eigenvalue weighted by molar-refractivity contribution is 0.100. The molecule has 0 amide bonds. The molecule has 0 atom stereocenters. The highest BCUT2D eigenvalue weighted by Crippen LogP contribution is 2.19. The Hall–Kier alpha value is -1.61. The molecule has 0 radical (unpaired) electrons. The van der Waals surface area contributed by atoms with E-state index in [1.807, 2.05) is 6.92 Å². The van der Waals surface area contributed by atoms with Gasteiger partial charge in [-0.2, -0.15) is 0 Å². The SMILES string of the molecule is CCc1ccc(C(=O)c2ccc(Cl)cc2F)o1. The van der Waals surface area contributed by atoms with Crippen LogP contribution in [0.4, 0.5) is 4.39 Å². The molecule has 0 aliphatic rings. The predicted molar refractivity (Wildman–Crippen MR) is 62.9 cm³/mol. The molecule has 1 aromatic heterocycles. The molecule has 2 aromatic rings. The summed E-state index contributed by atoms with van der Waals surface area (Å²) in [5.74, 6) is -0.276. The average Bonchev–Trinajstić information content (AvgIpc) is 2.76. The van der Waals surface area contributed by atoms with Gasteiger partial charge in [0.15, 0.2) is 5.76 Å². The Bertz CT molecular complexity index is 560. The third kappa shape index (κ3) is 2.39. The maximum Gasteiger partial charge on any atom is 0.231 e. The summed E-state index contributed by atoms with van der Waals surface area (Å²) in [6, 6.07) is 7.20. The van der Waals surface area contributed by atoms with Gasteiger partial charge in [0, 0.05) is 11.4 Å². The number of ketones is 1. The Morgan fingerprint density at radius 2 is 2.12 bits per heavy atom. The summed E-state index contributed by atoms with van der Waals surface area (Å²) in [7, 11) is 0. The lowest BCUT2D eigenvalue weighted by Gasteiger charge is -2.00. The van der Waals surface area contributed by atoms with Crippen LogP contribution >= 0.6 is 11.6 Å². The second-order valence-corrected chi connectivity index (χ2v) is 4.01. The maximum atomic E-state index is 13.5. The molecule has 0 saturated heterocycles. The molecule has 0 spiro atoms. The largest absolute Gasteiger partial charge is 0.458 e. The van der Waals surface area contributed by atoms with Crippen molar-refractivity contribution < 1.29 is 13.6 Å². The highest BCUT2D eigenvalue weighted by Gasteiger charge is 2.17. The summed E-state index contributed by atoms with van der Waals surface area (Å²) in [6.45, 7) is 1.91. The van der Waals surface area contributed by atoms with Crippen LogP contribution in [-0.2, 0) is 6.42 Å². The van der Waals surface area contributed by atoms with Crippen molar-refractivity contribution in [3.63, 3.8) is 0 Å². The van der Waals surface area contributed by atoms with Crippen LogP contribution in [0.15, 0.2) is 34.7 Å². The van der Waals surface area contributed by atoms with Crippen molar-refractivity contribution in [2.75, 3.05) is 0 Å². The van der Waals surface area contributed by atoms with Gasteiger partial charge >= 0.3 is 0 Å². The Morgan fingerprint density at radius 1 is 1.35 bits per heavy atom. The molecular weight excluding hydrogens is 243 g/mol. The minimum absolute atomic E-state index is 0.0357. The van der Waals surface area contributed by atoms with Gasteiger partial charge in [0.25, 0.3) is 0 Å². The van der Waals surface area contributed by atoms with Crippen LogP contribution in [-0.4, -0.2) is 5.78 Å². The van der Waals surface area contributed by atoms with E-state index >= 15 is 0 Å². The monoisotopic (exact) mass is 252 g/mol. The zero-order chi connectivity index (χ0) is 12.4. The van der Waals surface area contributed by atoms with Crippen LogP contribution < -0.4 is 0 Å². The second kappa shape index (κ2) is 4.72. The molecule has 0 saturated carbocycles. The first-order valence-electron chi connectivity index (χ1n) is 5.20. The van der Waals surface area contributed by atoms with Crippen LogP contribution in [0, 0.1) is 5.82 Å². The highest BCUT2D eigenvalue weighted by atomic mass is 35.5. The van der Waals surface area contributed by atoms with Gasteiger partial charge in [0.2, 0.25) is 5.78 Å². The minimum atomic E-state index is -0.642. The van der Waals surface area contributed by atoms with E-state index < -0.39 is 11.6 Å². The molecule has 1 heterocycles. The molecule has 88 valence electrons. The van der Waals surface area contributed by atoms with E-state index in [2.05, 4.69) is 0 Å². The van der Waals surface area contributed by atoms with Gasteiger partial charge in [-0.05, 0) is 30.3 Å². The first-order valence-corrected chi connectivity index (χ1v) is 5.58. The van der Waals surface area contributed by atoms with E-state index in [1.54, 1.807) is 12.1 Å². The third-order valence-electron chi connectivity index (χ3n) is 2.41. The zero-order valence-corrected chi connectivity index (χ0v) is 9.92. The van der Waals surface area contributed by atoms with E-state index in [0.717, 1.165) is 6.07 Å². The van der Waals surface area contributed by atoms with Gasteiger partial charge in [-0.15, -0.1) is 0 Å². The number of rotatable bonds is 3. The van der Waals surface area contributed by atoms with Gasteiger partial charge in [0.05, 0.1) is 5.56 Å². The van der Waals surface area contributed by atoms with E-state index in [4.69, 9.17) is 16.0 Å². The fourth-order valence-corrected chi connectivity index (χ4v) is 1.66. The molecule has 4 heteroatoms. The van der Waals surface area contributed by atoms with Gasteiger partial charge in [0.1, 0.15) is 11.6 Å². The fraction of sp³-hybridized carbons (Fsp3) is 0.154. The van der Waals surface area contributed by atoms with Gasteiger partial charge in [-0.25, -0.2) is 4.39 Å². The van der Waals surface area contributed by atoms with Crippen LogP contribution in [0.3, 0.4) is 0 Å². The Labute approximate surface area is 103 Å². The van der Waals surface area contributed by atoms with Crippen molar-refractivity contribution in [1.29, 1.82) is 0 Å². The van der Waals surface area contributed by atoms with E-state index in [-0.39, 0.29) is 16.3 Å². The smallest absolute Gasteiger partial charge is 0.231 e. The molecular formula is C13H10ClFO2. The molecule has 0 fully saturated rings. The number of carbonyl (C=O) groups excluding carboxylic acids is 1. The lowest BCUT2D eigenvalue weighted by Crippen LogP contribution is -2.02. The molecule has 2 nitrogen and oxygen atoms in total. The van der Waals surface area contributed by atoms with E-state index in [1.165, 1.54) is 12.1 Å². The second-order valence-electron chi connectivity index (χ2n) is 3.57. The first-order chi connectivity index (χ1) is 8.11. The number of benzene rings is 1. The van der Waals surface area contributed by atoms with Crippen molar-refractivity contribution in [2.45, 2.75) is 13.3 Å². The molecule has 1 aromatic carbocycles. The topological polar surface area (TPSA) is 30.2 Å². The minimum Gasteiger partial charge on any atom is -0.458 e. The van der Waals surface area contributed by atoms with Crippen LogP contribution in [0.1, 0.15) is 28.8 Å². The third-order valence-corrected chi connectivity index (χ3v) is 2.64. The Morgan fingerprint density at radius 3 is 2.71 bits per heavy atom. The standard InChI is InChI=1S/C13H10ClFO2/c1-2-9-4-6-12(17-9)13(16)10-5-3-8(14)7-11(10)15/h3-7H,2H2,1H3. The van der Waals surface area contributed by atoms with Crippen molar-refractivity contribution in [3.8, 4) is 0 Å². The Balaban J connectivity index is 2.36. The van der Waals surface area contributed by atoms with Gasteiger partial charge in [-0.1, -0.05) is 18.5 Å². The molecule has 0 aliphatic heterocycles. The van der Waals surface area contributed by atoms with Gasteiger partial charge in [-0.3, -0.25) is 4.79 Å². The number of aryl methyl sites for hydroxylation is 1. The zero-order valence-electron chi connectivity index (χ0n) is 9.17. The summed E-state index contributed by atoms with van der Waals surface area (Å²) in [5.41, 5.74) is -0.0357. The highest BCUT2D eigenvalue weighted by molar-refractivity contribution is 6.30. The Kier molecular flexibility index (Phi) is 3.29. The number of hydrogen-bond donors (Lipinski definition) is 0. The lowest BCUT2D eigenvalue weighted by atomic mass is 10.1. The van der Waals surface area contributed by atoms with Crippen LogP contribution in [0.5, 0.6) is 0 Å². The molecule has 0 bridgehead atoms. The van der Waals surface area contributed by atoms with E-state index in [9.17, 15) is 9.18 Å². The maximum absolute atomic E-state index is 13.5. The summed E-state index contributed by atoms with van der Waals surface area (Å²) in [4.78, 5) is 11.9. The number of halogens is 2. The fourth-order valence-electron chi connectivity index (χ4n) is 1.50. The molecule has 17 heavy (non-hydrogen) atoms. The quantitative estimate of drug-likeness (QED) is 0.777. The van der Waals surface area contributed by atoms with Crippen molar-refractivity contribution >= 4 is 17.4 Å². The molecule has 2 rings (SSSR count). The van der Waals surface area contributed by atoms with E-state index in [0.29, 0.717) is 12.2 Å². The summed E-state index contributed by atoms with van der Waals surface area (Å²) < 4.78 is 18.8. The van der Waals surface area contributed by atoms with Crippen molar-refractivity contribution in [2.24, 2.45) is 0 Å². The first kappa shape index (κ1) is 11.9. The van der Waals surface area contributed by atoms with Crippen molar-refractivity contribution in [3.05, 3.63) is 58.3 Å². The molecule has 0 N–H and O–H groups in total. The number of carbonyl (C=O) groups is 1. The number of hydrogen-bond acceptors (Lipinski definition) is 2. The summed E-state index contributed by atoms with van der Waals surface area (Å²) in [5, 5.41) is 0.257. The normalized spacial score (nSPS) is 10.5. The number of furan rings is 1. The average molecular weight is 253 g/mol. The molecule has 0 aliphatic carbocycles.